The number of carbonyl (C=O) groups is 3. The second kappa shape index (κ2) is 5.72. The Labute approximate surface area is 120 Å². The molecule has 1 aromatic heterocycles. The Bertz CT molecular complexity index is 567. The van der Waals surface area contributed by atoms with Crippen molar-refractivity contribution in [3.8, 4) is 0 Å². The van der Waals surface area contributed by atoms with E-state index in [9.17, 15) is 14.4 Å². The van der Waals surface area contributed by atoms with Gasteiger partial charge in [0.2, 0.25) is 11.8 Å². The number of nitrogens with zero attached hydrogens (tertiary/aromatic N) is 1. The number of carboxylic acid groups (broad SMARTS) is 1. The normalized spacial score (nSPS) is 20.0. The van der Waals surface area contributed by atoms with Crippen molar-refractivity contribution < 1.29 is 19.5 Å². The van der Waals surface area contributed by atoms with Crippen molar-refractivity contribution in [1.29, 1.82) is 0 Å². The van der Waals surface area contributed by atoms with Gasteiger partial charge in [0.05, 0.1) is 12.6 Å². The summed E-state index contributed by atoms with van der Waals surface area (Å²) in [7, 11) is 0. The average molecular weight is 296 g/mol. The van der Waals surface area contributed by atoms with Crippen LogP contribution in [0.1, 0.15) is 33.5 Å². The van der Waals surface area contributed by atoms with Crippen LogP contribution < -0.4 is 5.32 Å². The highest BCUT2D eigenvalue weighted by molar-refractivity contribution is 7.14. The van der Waals surface area contributed by atoms with E-state index in [1.807, 2.05) is 13.8 Å². The second-order valence-corrected chi connectivity index (χ2v) is 6.00. The summed E-state index contributed by atoms with van der Waals surface area (Å²) < 4.78 is 0. The maximum absolute atomic E-state index is 11.8. The first-order valence-corrected chi connectivity index (χ1v) is 7.14. The Balaban J connectivity index is 2.20. The minimum atomic E-state index is -0.955. The molecule has 1 aliphatic rings. The van der Waals surface area contributed by atoms with E-state index < -0.39 is 5.97 Å². The van der Waals surface area contributed by atoms with Gasteiger partial charge in [-0.1, -0.05) is 6.92 Å². The number of hydrogen-bond acceptors (Lipinski definition) is 5. The number of carbonyl (C=O) groups excluding carboxylic acids is 2. The number of aryl methyl sites for hydroxylation is 1. The van der Waals surface area contributed by atoms with E-state index in [2.05, 4.69) is 5.32 Å². The predicted molar refractivity (Wildman–Crippen MR) is 73.7 cm³/mol. The standard InChI is InChI=1S/C13H16N2O4S/c1-3-9-12(17)14-11(16)6-15(9)5-8-4-10(13(18)19)20-7(8)2/h4,9H,3,5-6H2,1-2H3,(H,18,19)(H,14,16,17). The number of amides is 2. The van der Waals surface area contributed by atoms with Crippen molar-refractivity contribution in [3.05, 3.63) is 21.4 Å². The molecule has 20 heavy (non-hydrogen) atoms. The van der Waals surface area contributed by atoms with Gasteiger partial charge in [-0.3, -0.25) is 19.8 Å². The lowest BCUT2D eigenvalue weighted by atomic mass is 10.1. The molecule has 7 heteroatoms. The van der Waals surface area contributed by atoms with Crippen molar-refractivity contribution in [3.63, 3.8) is 0 Å². The van der Waals surface area contributed by atoms with Crippen LogP contribution in [0.25, 0.3) is 0 Å². The van der Waals surface area contributed by atoms with Gasteiger partial charge in [-0.05, 0) is 25.0 Å². The van der Waals surface area contributed by atoms with E-state index in [0.29, 0.717) is 13.0 Å². The molecule has 1 unspecified atom stereocenters. The molecule has 0 spiro atoms. The molecule has 0 radical (unpaired) electrons. The van der Waals surface area contributed by atoms with E-state index in [0.717, 1.165) is 10.4 Å². The Morgan fingerprint density at radius 1 is 1.55 bits per heavy atom. The summed E-state index contributed by atoms with van der Waals surface area (Å²) in [6, 6.07) is 1.27. The topological polar surface area (TPSA) is 86.7 Å². The van der Waals surface area contributed by atoms with Crippen LogP contribution in [0.4, 0.5) is 0 Å². The lowest BCUT2D eigenvalue weighted by molar-refractivity contribution is -0.140. The van der Waals surface area contributed by atoms with Crippen molar-refractivity contribution in [2.45, 2.75) is 32.9 Å². The van der Waals surface area contributed by atoms with E-state index in [4.69, 9.17) is 5.11 Å². The highest BCUT2D eigenvalue weighted by Crippen LogP contribution is 2.24. The number of imide groups is 1. The maximum Gasteiger partial charge on any atom is 0.345 e. The first kappa shape index (κ1) is 14.7. The lowest BCUT2D eigenvalue weighted by Gasteiger charge is -2.33. The molecule has 1 saturated heterocycles. The fourth-order valence-electron chi connectivity index (χ4n) is 2.33. The minimum Gasteiger partial charge on any atom is -0.477 e. The van der Waals surface area contributed by atoms with Crippen LogP contribution in [0.5, 0.6) is 0 Å². The molecule has 0 aromatic carbocycles. The Morgan fingerprint density at radius 2 is 2.25 bits per heavy atom. The summed E-state index contributed by atoms with van der Waals surface area (Å²) in [4.78, 5) is 37.2. The number of piperazine rings is 1. The highest BCUT2D eigenvalue weighted by Gasteiger charge is 2.32. The Morgan fingerprint density at radius 3 is 2.80 bits per heavy atom. The Hall–Kier alpha value is -1.73. The van der Waals surface area contributed by atoms with Crippen LogP contribution in [-0.2, 0) is 16.1 Å². The summed E-state index contributed by atoms with van der Waals surface area (Å²) in [5.41, 5.74) is 0.855. The third-order valence-electron chi connectivity index (χ3n) is 3.34. The fraction of sp³-hybridized carbons (Fsp3) is 0.462. The molecule has 2 amide bonds. The van der Waals surface area contributed by atoms with Gasteiger partial charge in [0, 0.05) is 11.4 Å². The monoisotopic (exact) mass is 296 g/mol. The van der Waals surface area contributed by atoms with Crippen molar-refractivity contribution in [2.75, 3.05) is 6.54 Å². The molecule has 0 saturated carbocycles. The molecule has 1 aromatic rings. The van der Waals surface area contributed by atoms with E-state index >= 15 is 0 Å². The zero-order valence-electron chi connectivity index (χ0n) is 11.3. The smallest absolute Gasteiger partial charge is 0.345 e. The van der Waals surface area contributed by atoms with Crippen LogP contribution in [-0.4, -0.2) is 40.4 Å². The second-order valence-electron chi connectivity index (χ2n) is 4.74. The summed E-state index contributed by atoms with van der Waals surface area (Å²) in [6.07, 6.45) is 0.605. The third-order valence-corrected chi connectivity index (χ3v) is 4.43. The molecule has 1 fully saturated rings. The molecule has 1 aliphatic heterocycles. The largest absolute Gasteiger partial charge is 0.477 e. The van der Waals surface area contributed by atoms with Crippen molar-refractivity contribution in [2.24, 2.45) is 0 Å². The molecule has 2 heterocycles. The average Bonchev–Trinajstić information content (AvgIpc) is 2.71. The molecular formula is C13H16N2O4S. The van der Waals surface area contributed by atoms with E-state index in [1.54, 1.807) is 11.0 Å². The van der Waals surface area contributed by atoms with Gasteiger partial charge in [-0.25, -0.2) is 4.79 Å². The number of hydrogen-bond donors (Lipinski definition) is 2. The number of thiophene rings is 1. The Kier molecular flexibility index (Phi) is 4.20. The van der Waals surface area contributed by atoms with Gasteiger partial charge >= 0.3 is 5.97 Å². The van der Waals surface area contributed by atoms with Crippen LogP contribution in [0, 0.1) is 6.92 Å². The highest BCUT2D eigenvalue weighted by atomic mass is 32.1. The van der Waals surface area contributed by atoms with Crippen LogP contribution >= 0.6 is 11.3 Å². The number of nitrogens with one attached hydrogen (secondary N) is 1. The van der Waals surface area contributed by atoms with Crippen molar-refractivity contribution in [1.82, 2.24) is 10.2 Å². The van der Waals surface area contributed by atoms with E-state index in [1.165, 1.54) is 11.3 Å². The van der Waals surface area contributed by atoms with Crippen LogP contribution in [0.2, 0.25) is 0 Å². The molecular weight excluding hydrogens is 280 g/mol. The summed E-state index contributed by atoms with van der Waals surface area (Å²) >= 11 is 1.21. The molecule has 0 aliphatic carbocycles. The van der Waals surface area contributed by atoms with Gasteiger partial charge in [-0.15, -0.1) is 11.3 Å². The molecule has 6 nitrogen and oxygen atoms in total. The quantitative estimate of drug-likeness (QED) is 0.809. The minimum absolute atomic E-state index is 0.155. The molecule has 2 rings (SSSR count). The van der Waals surface area contributed by atoms with Crippen LogP contribution in [0.15, 0.2) is 6.07 Å². The maximum atomic E-state index is 11.8. The van der Waals surface area contributed by atoms with Gasteiger partial charge in [-0.2, -0.15) is 0 Å². The van der Waals surface area contributed by atoms with Gasteiger partial charge in [0.1, 0.15) is 4.88 Å². The zero-order chi connectivity index (χ0) is 14.9. The number of carboxylic acids is 1. The number of rotatable bonds is 4. The van der Waals surface area contributed by atoms with Crippen molar-refractivity contribution >= 4 is 29.1 Å². The van der Waals surface area contributed by atoms with Gasteiger partial charge < -0.3 is 5.11 Å². The van der Waals surface area contributed by atoms with Gasteiger partial charge in [0.25, 0.3) is 0 Å². The summed E-state index contributed by atoms with van der Waals surface area (Å²) in [5.74, 6) is -1.55. The fourth-order valence-corrected chi connectivity index (χ4v) is 3.20. The molecule has 108 valence electrons. The predicted octanol–water partition coefficient (Wildman–Crippen LogP) is 0.992. The first-order chi connectivity index (χ1) is 9.42. The SMILES string of the molecule is CCC1C(=O)NC(=O)CN1Cc1cc(C(=O)O)sc1C. The molecule has 0 bridgehead atoms. The molecule has 1 atom stereocenters. The zero-order valence-corrected chi connectivity index (χ0v) is 12.1. The number of aromatic carboxylic acids is 1. The first-order valence-electron chi connectivity index (χ1n) is 6.32. The summed E-state index contributed by atoms with van der Waals surface area (Å²) in [5, 5.41) is 11.3. The van der Waals surface area contributed by atoms with Crippen LogP contribution in [0.3, 0.4) is 0 Å². The van der Waals surface area contributed by atoms with E-state index in [-0.39, 0.29) is 29.3 Å². The lowest BCUT2D eigenvalue weighted by Crippen LogP contribution is -2.57. The third kappa shape index (κ3) is 2.88. The molecule has 2 N–H and O–H groups in total. The summed E-state index contributed by atoms with van der Waals surface area (Å²) in [6.45, 7) is 4.30. The van der Waals surface area contributed by atoms with Gasteiger partial charge in [0.15, 0.2) is 0 Å².